The van der Waals surface area contributed by atoms with Gasteiger partial charge in [0, 0.05) is 31.0 Å². The van der Waals surface area contributed by atoms with E-state index in [9.17, 15) is 4.39 Å². The van der Waals surface area contributed by atoms with Crippen molar-refractivity contribution >= 4 is 45.2 Å². The number of benzene rings is 1. The van der Waals surface area contributed by atoms with Crippen molar-refractivity contribution in [1.29, 1.82) is 0 Å². The zero-order valence-electron chi connectivity index (χ0n) is 11.8. The number of halogens is 3. The first-order chi connectivity index (χ1) is 10.1. The van der Waals surface area contributed by atoms with E-state index in [1.54, 1.807) is 6.07 Å². The Morgan fingerprint density at radius 2 is 2.33 bits per heavy atom. The maximum absolute atomic E-state index is 14.0. The lowest BCUT2D eigenvalue weighted by Crippen LogP contribution is -2.26. The molecule has 0 amide bonds. The maximum Gasteiger partial charge on any atom is 0.138 e. The highest BCUT2D eigenvalue weighted by Gasteiger charge is 2.25. The van der Waals surface area contributed by atoms with E-state index >= 15 is 0 Å². The SMILES string of the molecule is CC1CC(n2c(CCCl)nc3cc(I)c(F)cc32)CCO1. The van der Waals surface area contributed by atoms with Gasteiger partial charge in [-0.2, -0.15) is 0 Å². The quantitative estimate of drug-likeness (QED) is 0.545. The molecule has 0 bridgehead atoms. The monoisotopic (exact) mass is 422 g/mol. The Bertz CT molecular complexity index is 661. The van der Waals surface area contributed by atoms with E-state index in [0.29, 0.717) is 21.9 Å². The molecule has 0 radical (unpaired) electrons. The first-order valence-electron chi connectivity index (χ1n) is 7.13. The van der Waals surface area contributed by atoms with Gasteiger partial charge in [-0.15, -0.1) is 11.6 Å². The van der Waals surface area contributed by atoms with Crippen molar-refractivity contribution in [2.75, 3.05) is 12.5 Å². The fourth-order valence-corrected chi connectivity index (χ4v) is 3.64. The molecule has 0 saturated carbocycles. The molecule has 2 atom stereocenters. The predicted molar refractivity (Wildman–Crippen MR) is 90.5 cm³/mol. The second kappa shape index (κ2) is 6.38. The number of hydrogen-bond donors (Lipinski definition) is 0. The number of ether oxygens (including phenoxy) is 1. The Hall–Kier alpha value is -0.400. The Morgan fingerprint density at radius 1 is 1.52 bits per heavy atom. The fourth-order valence-electron chi connectivity index (χ4n) is 3.02. The summed E-state index contributed by atoms with van der Waals surface area (Å²) in [4.78, 5) is 4.67. The highest BCUT2D eigenvalue weighted by Crippen LogP contribution is 2.32. The number of rotatable bonds is 3. The third-order valence-electron chi connectivity index (χ3n) is 3.95. The summed E-state index contributed by atoms with van der Waals surface area (Å²) in [7, 11) is 0. The molecule has 0 N–H and O–H groups in total. The van der Waals surface area contributed by atoms with Gasteiger partial charge in [-0.05, 0) is 48.4 Å². The van der Waals surface area contributed by atoms with Crippen LogP contribution in [0.15, 0.2) is 12.1 Å². The molecule has 1 aliphatic rings. The molecule has 1 fully saturated rings. The summed E-state index contributed by atoms with van der Waals surface area (Å²) < 4.78 is 22.4. The van der Waals surface area contributed by atoms with Crippen LogP contribution < -0.4 is 0 Å². The van der Waals surface area contributed by atoms with E-state index in [0.717, 1.165) is 36.3 Å². The molecule has 2 unspecified atom stereocenters. The van der Waals surface area contributed by atoms with Crippen molar-refractivity contribution in [3.8, 4) is 0 Å². The van der Waals surface area contributed by atoms with E-state index in [4.69, 9.17) is 16.3 Å². The van der Waals surface area contributed by atoms with Crippen molar-refractivity contribution in [1.82, 2.24) is 9.55 Å². The summed E-state index contributed by atoms with van der Waals surface area (Å²) in [5, 5.41) is 0. The van der Waals surface area contributed by atoms with E-state index < -0.39 is 0 Å². The minimum absolute atomic E-state index is 0.193. The third-order valence-corrected chi connectivity index (χ3v) is 4.96. The van der Waals surface area contributed by atoms with Gasteiger partial charge >= 0.3 is 0 Å². The highest BCUT2D eigenvalue weighted by molar-refractivity contribution is 14.1. The molecular formula is C15H17ClFIN2O. The molecular weight excluding hydrogens is 406 g/mol. The largest absolute Gasteiger partial charge is 0.378 e. The fraction of sp³-hybridized carbons (Fsp3) is 0.533. The molecule has 2 heterocycles. The van der Waals surface area contributed by atoms with E-state index in [2.05, 4.69) is 16.5 Å². The van der Waals surface area contributed by atoms with Gasteiger partial charge in [-0.25, -0.2) is 9.37 Å². The van der Waals surface area contributed by atoms with Crippen LogP contribution in [0.2, 0.25) is 0 Å². The molecule has 0 aliphatic carbocycles. The summed E-state index contributed by atoms with van der Waals surface area (Å²) in [5.41, 5.74) is 1.71. The van der Waals surface area contributed by atoms with Crippen LogP contribution in [0.1, 0.15) is 31.6 Å². The minimum atomic E-state index is -0.193. The molecule has 1 aromatic heterocycles. The lowest BCUT2D eigenvalue weighted by molar-refractivity contribution is 0.00625. The summed E-state index contributed by atoms with van der Waals surface area (Å²) in [5.74, 6) is 1.27. The average molecular weight is 423 g/mol. The van der Waals surface area contributed by atoms with E-state index in [-0.39, 0.29) is 11.9 Å². The number of aryl methyl sites for hydroxylation is 1. The van der Waals surface area contributed by atoms with Crippen LogP contribution in [-0.2, 0) is 11.2 Å². The minimum Gasteiger partial charge on any atom is -0.378 e. The molecule has 1 saturated heterocycles. The lowest BCUT2D eigenvalue weighted by Gasteiger charge is -2.30. The Kier molecular flexibility index (Phi) is 4.71. The third kappa shape index (κ3) is 3.05. The molecule has 3 nitrogen and oxygen atoms in total. The highest BCUT2D eigenvalue weighted by atomic mass is 127. The number of nitrogens with zero attached hydrogens (tertiary/aromatic N) is 2. The Balaban J connectivity index is 2.12. The summed E-state index contributed by atoms with van der Waals surface area (Å²) in [6, 6.07) is 3.71. The Labute approximate surface area is 142 Å². The van der Waals surface area contributed by atoms with Gasteiger partial charge in [0.1, 0.15) is 11.6 Å². The van der Waals surface area contributed by atoms with Crippen LogP contribution in [-0.4, -0.2) is 28.1 Å². The van der Waals surface area contributed by atoms with Crippen LogP contribution in [0.5, 0.6) is 0 Å². The van der Waals surface area contributed by atoms with Crippen molar-refractivity contribution in [3.63, 3.8) is 0 Å². The van der Waals surface area contributed by atoms with E-state index in [1.807, 2.05) is 28.7 Å². The molecule has 1 aliphatic heterocycles. The standard InChI is InChI=1S/C15H17ClFIN2O/c1-9-6-10(3-5-21-9)20-14-7-11(17)12(18)8-13(14)19-15(20)2-4-16/h7-10H,2-6H2,1H3. The van der Waals surface area contributed by atoms with Crippen molar-refractivity contribution in [2.24, 2.45) is 0 Å². The first-order valence-corrected chi connectivity index (χ1v) is 8.75. The van der Waals surface area contributed by atoms with Crippen LogP contribution >= 0.6 is 34.2 Å². The van der Waals surface area contributed by atoms with Gasteiger partial charge in [-0.3, -0.25) is 0 Å². The molecule has 3 rings (SSSR count). The topological polar surface area (TPSA) is 27.1 Å². The van der Waals surface area contributed by atoms with Crippen molar-refractivity contribution in [3.05, 3.63) is 27.3 Å². The molecule has 114 valence electrons. The lowest BCUT2D eigenvalue weighted by atomic mass is 10.0. The van der Waals surface area contributed by atoms with Gasteiger partial charge in [-0.1, -0.05) is 0 Å². The number of aromatic nitrogens is 2. The normalized spacial score (nSPS) is 22.9. The number of hydrogen-bond acceptors (Lipinski definition) is 2. The summed E-state index contributed by atoms with van der Waals surface area (Å²) >= 11 is 7.91. The van der Waals surface area contributed by atoms with Crippen LogP contribution in [0, 0.1) is 9.39 Å². The zero-order valence-corrected chi connectivity index (χ0v) is 14.7. The summed E-state index contributed by atoms with van der Waals surface area (Å²) in [6.07, 6.45) is 2.77. The van der Waals surface area contributed by atoms with E-state index in [1.165, 1.54) is 0 Å². The van der Waals surface area contributed by atoms with Gasteiger partial charge in [0.15, 0.2) is 0 Å². The molecule has 6 heteroatoms. The van der Waals surface area contributed by atoms with Crippen molar-refractivity contribution in [2.45, 2.75) is 38.3 Å². The second-order valence-electron chi connectivity index (χ2n) is 5.45. The number of imidazole rings is 1. The molecule has 0 spiro atoms. The van der Waals surface area contributed by atoms with Crippen LogP contribution in [0.3, 0.4) is 0 Å². The second-order valence-corrected chi connectivity index (χ2v) is 6.99. The number of fused-ring (bicyclic) bond motifs is 1. The zero-order chi connectivity index (χ0) is 15.0. The smallest absolute Gasteiger partial charge is 0.138 e. The predicted octanol–water partition coefficient (Wildman–Crippen LogP) is 4.30. The maximum atomic E-state index is 14.0. The van der Waals surface area contributed by atoms with Crippen LogP contribution in [0.4, 0.5) is 4.39 Å². The van der Waals surface area contributed by atoms with Gasteiger partial charge in [0.05, 0.1) is 20.7 Å². The average Bonchev–Trinajstić information content (AvgIpc) is 2.77. The Morgan fingerprint density at radius 3 is 3.05 bits per heavy atom. The molecule has 21 heavy (non-hydrogen) atoms. The first kappa shape index (κ1) is 15.5. The summed E-state index contributed by atoms with van der Waals surface area (Å²) in [6.45, 7) is 2.81. The molecule has 2 aromatic rings. The van der Waals surface area contributed by atoms with Crippen LogP contribution in [0.25, 0.3) is 11.0 Å². The van der Waals surface area contributed by atoms with Gasteiger partial charge in [0.25, 0.3) is 0 Å². The number of alkyl halides is 1. The molecule has 1 aromatic carbocycles. The van der Waals surface area contributed by atoms with Crippen molar-refractivity contribution < 1.29 is 9.13 Å². The van der Waals surface area contributed by atoms with Gasteiger partial charge < -0.3 is 9.30 Å². The van der Waals surface area contributed by atoms with Gasteiger partial charge in [0.2, 0.25) is 0 Å².